The third kappa shape index (κ3) is 8.70. The molecule has 9 heteroatoms. The average Bonchev–Trinajstić information content (AvgIpc) is 2.63. The molecule has 1 heterocycles. The number of carboxylic acid groups (broad SMARTS) is 2. The maximum atomic E-state index is 12.3. The summed E-state index contributed by atoms with van der Waals surface area (Å²) in [6.45, 7) is 9.01. The molecule has 0 aliphatic carbocycles. The van der Waals surface area contributed by atoms with Gasteiger partial charge in [0.25, 0.3) is 0 Å². The van der Waals surface area contributed by atoms with E-state index in [2.05, 4.69) is 9.80 Å². The zero-order valence-corrected chi connectivity index (χ0v) is 16.3. The number of carbonyl (C=O) groups is 3. The molecule has 0 bridgehead atoms. The van der Waals surface area contributed by atoms with Crippen LogP contribution in [0.5, 0.6) is 0 Å². The van der Waals surface area contributed by atoms with Crippen LogP contribution in [-0.4, -0.2) is 114 Å². The van der Waals surface area contributed by atoms with E-state index in [1.54, 1.807) is 4.90 Å². The quantitative estimate of drug-likeness (QED) is 0.556. The monoisotopic (exact) mass is 372 g/mol. The van der Waals surface area contributed by atoms with Crippen LogP contribution in [0.1, 0.15) is 20.8 Å². The Kier molecular flexibility index (Phi) is 8.61. The zero-order valence-electron chi connectivity index (χ0n) is 16.3. The predicted octanol–water partition coefficient (Wildman–Crippen LogP) is -0.463. The third-order valence-electron chi connectivity index (χ3n) is 4.29. The highest BCUT2D eigenvalue weighted by atomic mass is 16.4. The lowest BCUT2D eigenvalue weighted by Gasteiger charge is -2.29. The molecule has 1 rings (SSSR count). The fraction of sp³-hybridized carbons (Fsp3) is 0.824. The standard InChI is InChI=1S/C17H32N4O5/c1-17(2,3)14(22)9-20(10-15(23)24)8-7-19-6-5-18(4)12-21(13-19)11-16(25)26/h5-13H2,1-4H3,(H,23,24)(H,25,26). The van der Waals surface area contributed by atoms with Gasteiger partial charge in [-0.25, -0.2) is 0 Å². The van der Waals surface area contributed by atoms with Crippen LogP contribution < -0.4 is 0 Å². The van der Waals surface area contributed by atoms with Gasteiger partial charge in [0, 0.05) is 31.6 Å². The van der Waals surface area contributed by atoms with E-state index in [4.69, 9.17) is 10.2 Å². The van der Waals surface area contributed by atoms with Crippen molar-refractivity contribution in [1.82, 2.24) is 19.6 Å². The summed E-state index contributed by atoms with van der Waals surface area (Å²) in [6.07, 6.45) is 0. The Bertz CT molecular complexity index is 506. The second kappa shape index (κ2) is 9.96. The number of Topliss-reactive ketones (excluding diaryl/α,β-unsaturated/α-hetero) is 1. The molecule has 0 amide bonds. The molecular weight excluding hydrogens is 340 g/mol. The summed E-state index contributed by atoms with van der Waals surface area (Å²) in [5.41, 5.74) is -0.514. The van der Waals surface area contributed by atoms with E-state index >= 15 is 0 Å². The van der Waals surface area contributed by atoms with Gasteiger partial charge in [-0.15, -0.1) is 0 Å². The predicted molar refractivity (Wildman–Crippen MR) is 96.8 cm³/mol. The van der Waals surface area contributed by atoms with Crippen molar-refractivity contribution in [3.63, 3.8) is 0 Å². The summed E-state index contributed by atoms with van der Waals surface area (Å²) in [7, 11) is 1.94. The fourth-order valence-electron chi connectivity index (χ4n) is 2.72. The maximum Gasteiger partial charge on any atom is 0.317 e. The topological polar surface area (TPSA) is 105 Å². The van der Waals surface area contributed by atoms with Crippen LogP contribution in [0.15, 0.2) is 0 Å². The molecule has 0 radical (unpaired) electrons. The summed E-state index contributed by atoms with van der Waals surface area (Å²) < 4.78 is 0. The highest BCUT2D eigenvalue weighted by Crippen LogP contribution is 2.15. The average molecular weight is 372 g/mol. The van der Waals surface area contributed by atoms with Crippen LogP contribution in [0, 0.1) is 5.41 Å². The summed E-state index contributed by atoms with van der Waals surface area (Å²) in [5.74, 6) is -1.83. The molecule has 0 saturated carbocycles. The van der Waals surface area contributed by atoms with Gasteiger partial charge in [0.05, 0.1) is 33.0 Å². The van der Waals surface area contributed by atoms with Crippen molar-refractivity contribution >= 4 is 17.7 Å². The summed E-state index contributed by atoms with van der Waals surface area (Å²) in [4.78, 5) is 42.0. The molecule has 2 N–H and O–H groups in total. The van der Waals surface area contributed by atoms with E-state index in [-0.39, 0.29) is 25.4 Å². The maximum absolute atomic E-state index is 12.3. The lowest BCUT2D eigenvalue weighted by atomic mass is 9.90. The molecule has 0 atom stereocenters. The van der Waals surface area contributed by atoms with E-state index in [9.17, 15) is 14.4 Å². The first-order chi connectivity index (χ1) is 12.0. The number of carboxylic acids is 2. The minimum absolute atomic E-state index is 0.00172. The molecule has 26 heavy (non-hydrogen) atoms. The van der Waals surface area contributed by atoms with Crippen molar-refractivity contribution in [1.29, 1.82) is 0 Å². The number of nitrogens with zero attached hydrogens (tertiary/aromatic N) is 4. The number of hydrogen-bond donors (Lipinski definition) is 2. The van der Waals surface area contributed by atoms with Gasteiger partial charge in [0.1, 0.15) is 0 Å². The van der Waals surface area contributed by atoms with Crippen LogP contribution in [0.3, 0.4) is 0 Å². The van der Waals surface area contributed by atoms with Crippen LogP contribution >= 0.6 is 0 Å². The van der Waals surface area contributed by atoms with E-state index in [0.29, 0.717) is 26.4 Å². The van der Waals surface area contributed by atoms with Crippen LogP contribution in [0.2, 0.25) is 0 Å². The highest BCUT2D eigenvalue weighted by Gasteiger charge is 2.25. The lowest BCUT2D eigenvalue weighted by molar-refractivity contribution is -0.140. The molecule has 150 valence electrons. The van der Waals surface area contributed by atoms with Gasteiger partial charge >= 0.3 is 11.9 Å². The summed E-state index contributed by atoms with van der Waals surface area (Å²) in [6, 6.07) is 0. The lowest BCUT2D eigenvalue weighted by Crippen LogP contribution is -2.45. The minimum Gasteiger partial charge on any atom is -0.480 e. The molecule has 1 saturated heterocycles. The van der Waals surface area contributed by atoms with E-state index in [1.807, 2.05) is 32.7 Å². The van der Waals surface area contributed by atoms with Gasteiger partial charge in [-0.05, 0) is 7.05 Å². The van der Waals surface area contributed by atoms with Crippen molar-refractivity contribution in [2.45, 2.75) is 20.8 Å². The minimum atomic E-state index is -0.963. The fourth-order valence-corrected chi connectivity index (χ4v) is 2.72. The second-order valence-electron chi connectivity index (χ2n) is 7.98. The first-order valence-electron chi connectivity index (χ1n) is 8.80. The van der Waals surface area contributed by atoms with Gasteiger partial charge in [-0.2, -0.15) is 0 Å². The molecule has 0 spiro atoms. The molecule has 0 aromatic rings. The number of hydrogen-bond acceptors (Lipinski definition) is 7. The second-order valence-corrected chi connectivity index (χ2v) is 7.98. The number of carbonyl (C=O) groups excluding carboxylic acids is 1. The van der Waals surface area contributed by atoms with Crippen LogP contribution in [0.4, 0.5) is 0 Å². The Morgan fingerprint density at radius 1 is 0.962 bits per heavy atom. The molecule has 1 aliphatic heterocycles. The number of likely N-dealkylation sites (N-methyl/N-ethyl adjacent to an activating group) is 1. The highest BCUT2D eigenvalue weighted by molar-refractivity contribution is 5.86. The summed E-state index contributed by atoms with van der Waals surface area (Å²) >= 11 is 0. The van der Waals surface area contributed by atoms with E-state index in [0.717, 1.165) is 13.1 Å². The van der Waals surface area contributed by atoms with Crippen LogP contribution in [-0.2, 0) is 14.4 Å². The van der Waals surface area contributed by atoms with Crippen molar-refractivity contribution in [2.24, 2.45) is 5.41 Å². The number of aliphatic carboxylic acids is 2. The Morgan fingerprint density at radius 3 is 2.15 bits per heavy atom. The molecule has 0 aromatic carbocycles. The van der Waals surface area contributed by atoms with E-state index < -0.39 is 17.4 Å². The SMILES string of the molecule is CN1CCN(CCN(CC(=O)O)CC(=O)C(C)(C)C)CN(CC(=O)O)C1. The van der Waals surface area contributed by atoms with Crippen molar-refractivity contribution < 1.29 is 24.6 Å². The van der Waals surface area contributed by atoms with Gasteiger partial charge < -0.3 is 10.2 Å². The number of ketones is 1. The molecule has 0 aromatic heterocycles. The molecule has 1 aliphatic rings. The first kappa shape index (κ1) is 22.5. The van der Waals surface area contributed by atoms with Crippen LogP contribution in [0.25, 0.3) is 0 Å². The zero-order chi connectivity index (χ0) is 19.9. The van der Waals surface area contributed by atoms with Crippen molar-refractivity contribution in [2.75, 3.05) is 66.2 Å². The van der Waals surface area contributed by atoms with Crippen molar-refractivity contribution in [3.8, 4) is 0 Å². The van der Waals surface area contributed by atoms with E-state index in [1.165, 1.54) is 0 Å². The smallest absolute Gasteiger partial charge is 0.317 e. The van der Waals surface area contributed by atoms with Gasteiger partial charge in [0.15, 0.2) is 5.78 Å². The molecule has 0 unspecified atom stereocenters. The third-order valence-corrected chi connectivity index (χ3v) is 4.29. The Labute approximate surface area is 155 Å². The molecular formula is C17H32N4O5. The summed E-state index contributed by atoms with van der Waals surface area (Å²) in [5, 5.41) is 18.1. The van der Waals surface area contributed by atoms with Gasteiger partial charge in [0.2, 0.25) is 0 Å². The first-order valence-corrected chi connectivity index (χ1v) is 8.80. The van der Waals surface area contributed by atoms with Crippen molar-refractivity contribution in [3.05, 3.63) is 0 Å². The normalized spacial score (nSPS) is 18.0. The Balaban J connectivity index is 2.65. The van der Waals surface area contributed by atoms with Gasteiger partial charge in [-0.3, -0.25) is 34.0 Å². The Hall–Kier alpha value is -1.55. The molecule has 9 nitrogen and oxygen atoms in total. The van der Waals surface area contributed by atoms with Gasteiger partial charge in [-0.1, -0.05) is 20.8 Å². The molecule has 1 fully saturated rings. The largest absolute Gasteiger partial charge is 0.480 e. The number of rotatable bonds is 9. The Morgan fingerprint density at radius 2 is 1.62 bits per heavy atom.